The van der Waals surface area contributed by atoms with E-state index >= 15 is 0 Å². The smallest absolute Gasteiger partial charge is 0.251 e. The standard InChI is InChI=1S/C15H12ClFN2O/c1-8-2-4-13(11(16)6-8)18-14-10-7-9(17)3-5-12(10)19-15(14)20/h2-7,14,18H,1H3,(H,19,20). The number of carbonyl (C=O) groups excluding carboxylic acids is 1. The molecule has 0 saturated heterocycles. The molecule has 1 atom stereocenters. The third-order valence-corrected chi connectivity index (χ3v) is 3.58. The summed E-state index contributed by atoms with van der Waals surface area (Å²) in [7, 11) is 0. The van der Waals surface area contributed by atoms with Crippen LogP contribution in [0.15, 0.2) is 36.4 Å². The maximum Gasteiger partial charge on any atom is 0.251 e. The van der Waals surface area contributed by atoms with Crippen LogP contribution in [0.4, 0.5) is 15.8 Å². The van der Waals surface area contributed by atoms with Gasteiger partial charge in [-0.3, -0.25) is 4.79 Å². The predicted octanol–water partition coefficient (Wildman–Crippen LogP) is 3.89. The van der Waals surface area contributed by atoms with E-state index in [4.69, 9.17) is 11.6 Å². The normalized spacial score (nSPS) is 16.8. The van der Waals surface area contributed by atoms with Crippen LogP contribution in [0.2, 0.25) is 5.02 Å². The van der Waals surface area contributed by atoms with Gasteiger partial charge in [0.2, 0.25) is 0 Å². The van der Waals surface area contributed by atoms with Crippen molar-refractivity contribution in [2.75, 3.05) is 10.6 Å². The van der Waals surface area contributed by atoms with E-state index in [0.717, 1.165) is 5.56 Å². The van der Waals surface area contributed by atoms with Crippen molar-refractivity contribution in [3.63, 3.8) is 0 Å². The summed E-state index contributed by atoms with van der Waals surface area (Å²) in [6, 6.07) is 9.11. The Morgan fingerprint density at radius 2 is 2.05 bits per heavy atom. The molecule has 20 heavy (non-hydrogen) atoms. The van der Waals surface area contributed by atoms with Gasteiger partial charge in [-0.2, -0.15) is 0 Å². The molecule has 1 aliphatic heterocycles. The third-order valence-electron chi connectivity index (χ3n) is 3.27. The second kappa shape index (κ2) is 4.80. The van der Waals surface area contributed by atoms with Gasteiger partial charge >= 0.3 is 0 Å². The molecule has 0 radical (unpaired) electrons. The monoisotopic (exact) mass is 290 g/mol. The van der Waals surface area contributed by atoms with E-state index in [9.17, 15) is 9.18 Å². The van der Waals surface area contributed by atoms with Crippen LogP contribution in [-0.4, -0.2) is 5.91 Å². The summed E-state index contributed by atoms with van der Waals surface area (Å²) in [6.45, 7) is 1.93. The lowest BCUT2D eigenvalue weighted by molar-refractivity contribution is -0.116. The molecule has 2 N–H and O–H groups in total. The molecule has 0 aromatic heterocycles. The van der Waals surface area contributed by atoms with Crippen molar-refractivity contribution in [3.05, 3.63) is 58.4 Å². The zero-order valence-corrected chi connectivity index (χ0v) is 11.5. The van der Waals surface area contributed by atoms with E-state index in [0.29, 0.717) is 22.0 Å². The predicted molar refractivity (Wildman–Crippen MR) is 77.6 cm³/mol. The van der Waals surface area contributed by atoms with Crippen LogP contribution in [0.1, 0.15) is 17.2 Å². The molecule has 0 saturated carbocycles. The molecule has 0 spiro atoms. The van der Waals surface area contributed by atoms with Crippen molar-refractivity contribution >= 4 is 28.9 Å². The van der Waals surface area contributed by atoms with Gasteiger partial charge in [-0.1, -0.05) is 17.7 Å². The van der Waals surface area contributed by atoms with Gasteiger partial charge in [0, 0.05) is 11.3 Å². The number of aryl methyl sites for hydroxylation is 1. The fourth-order valence-electron chi connectivity index (χ4n) is 2.27. The number of fused-ring (bicyclic) bond motifs is 1. The molecule has 1 aliphatic rings. The first kappa shape index (κ1) is 12.9. The number of amides is 1. The van der Waals surface area contributed by atoms with E-state index in [1.807, 2.05) is 25.1 Å². The maximum atomic E-state index is 13.3. The minimum Gasteiger partial charge on any atom is -0.369 e. The van der Waals surface area contributed by atoms with Crippen molar-refractivity contribution < 1.29 is 9.18 Å². The summed E-state index contributed by atoms with van der Waals surface area (Å²) >= 11 is 6.15. The number of anilines is 2. The Morgan fingerprint density at radius 1 is 1.25 bits per heavy atom. The van der Waals surface area contributed by atoms with E-state index in [1.54, 1.807) is 6.07 Å². The maximum absolute atomic E-state index is 13.3. The lowest BCUT2D eigenvalue weighted by Gasteiger charge is -2.14. The van der Waals surface area contributed by atoms with Crippen molar-refractivity contribution in [1.82, 2.24) is 0 Å². The molecular weight excluding hydrogens is 279 g/mol. The third kappa shape index (κ3) is 2.23. The minimum atomic E-state index is -0.638. The quantitative estimate of drug-likeness (QED) is 0.881. The van der Waals surface area contributed by atoms with E-state index < -0.39 is 6.04 Å². The van der Waals surface area contributed by atoms with Gasteiger partial charge in [0.05, 0.1) is 10.7 Å². The molecule has 2 aromatic rings. The highest BCUT2D eigenvalue weighted by Crippen LogP contribution is 2.35. The average molecular weight is 291 g/mol. The van der Waals surface area contributed by atoms with Crippen LogP contribution in [0.5, 0.6) is 0 Å². The summed E-state index contributed by atoms with van der Waals surface area (Å²) < 4.78 is 13.3. The van der Waals surface area contributed by atoms with Gasteiger partial charge in [-0.05, 0) is 42.8 Å². The zero-order valence-electron chi connectivity index (χ0n) is 10.7. The molecule has 0 bridgehead atoms. The van der Waals surface area contributed by atoms with E-state index in [1.165, 1.54) is 12.1 Å². The molecule has 3 nitrogen and oxygen atoms in total. The van der Waals surface area contributed by atoms with Gasteiger partial charge in [0.1, 0.15) is 11.9 Å². The van der Waals surface area contributed by atoms with Crippen LogP contribution in [0.3, 0.4) is 0 Å². The number of hydrogen-bond donors (Lipinski definition) is 2. The largest absolute Gasteiger partial charge is 0.369 e. The topological polar surface area (TPSA) is 41.1 Å². The molecule has 2 aromatic carbocycles. The first-order chi connectivity index (χ1) is 9.54. The van der Waals surface area contributed by atoms with Gasteiger partial charge < -0.3 is 10.6 Å². The minimum absolute atomic E-state index is 0.220. The van der Waals surface area contributed by atoms with Crippen molar-refractivity contribution in [3.8, 4) is 0 Å². The molecule has 0 aliphatic carbocycles. The van der Waals surface area contributed by atoms with Gasteiger partial charge in [-0.25, -0.2) is 4.39 Å². The summed E-state index contributed by atoms with van der Waals surface area (Å²) in [6.07, 6.45) is 0. The lowest BCUT2D eigenvalue weighted by Crippen LogP contribution is -2.19. The Morgan fingerprint density at radius 3 is 2.80 bits per heavy atom. The second-order valence-corrected chi connectivity index (χ2v) is 5.19. The molecular formula is C15H12ClFN2O. The second-order valence-electron chi connectivity index (χ2n) is 4.78. The number of hydrogen-bond acceptors (Lipinski definition) is 2. The first-order valence-corrected chi connectivity index (χ1v) is 6.55. The SMILES string of the molecule is Cc1ccc(NC2C(=O)Nc3ccc(F)cc32)c(Cl)c1. The highest BCUT2D eigenvalue weighted by atomic mass is 35.5. The highest BCUT2D eigenvalue weighted by Gasteiger charge is 2.31. The lowest BCUT2D eigenvalue weighted by atomic mass is 10.1. The Kier molecular flexibility index (Phi) is 3.10. The molecule has 3 rings (SSSR count). The van der Waals surface area contributed by atoms with E-state index in [-0.39, 0.29) is 11.7 Å². The van der Waals surface area contributed by atoms with Crippen molar-refractivity contribution in [1.29, 1.82) is 0 Å². The number of rotatable bonds is 2. The van der Waals surface area contributed by atoms with Crippen LogP contribution in [0.25, 0.3) is 0 Å². The van der Waals surface area contributed by atoms with E-state index in [2.05, 4.69) is 10.6 Å². The number of benzene rings is 2. The fourth-order valence-corrected chi connectivity index (χ4v) is 2.56. The fraction of sp³-hybridized carbons (Fsp3) is 0.133. The Balaban J connectivity index is 1.95. The Labute approximate surface area is 120 Å². The molecule has 1 amide bonds. The summed E-state index contributed by atoms with van der Waals surface area (Å²) in [4.78, 5) is 12.0. The van der Waals surface area contributed by atoms with Crippen LogP contribution >= 0.6 is 11.6 Å². The molecule has 1 unspecified atom stereocenters. The van der Waals surface area contributed by atoms with Crippen LogP contribution < -0.4 is 10.6 Å². The van der Waals surface area contributed by atoms with Crippen molar-refractivity contribution in [2.45, 2.75) is 13.0 Å². The molecule has 1 heterocycles. The van der Waals surface area contributed by atoms with Crippen LogP contribution in [-0.2, 0) is 4.79 Å². The molecule has 5 heteroatoms. The molecule has 0 fully saturated rings. The van der Waals surface area contributed by atoms with Gasteiger partial charge in [-0.15, -0.1) is 0 Å². The average Bonchev–Trinajstić information content (AvgIpc) is 2.69. The number of carbonyl (C=O) groups is 1. The van der Waals surface area contributed by atoms with Gasteiger partial charge in [0.15, 0.2) is 0 Å². The molecule has 102 valence electrons. The first-order valence-electron chi connectivity index (χ1n) is 6.17. The summed E-state index contributed by atoms with van der Waals surface area (Å²) in [5, 5.41) is 6.30. The van der Waals surface area contributed by atoms with Gasteiger partial charge in [0.25, 0.3) is 5.91 Å². The summed E-state index contributed by atoms with van der Waals surface area (Å²) in [5.74, 6) is -0.593. The zero-order chi connectivity index (χ0) is 14.3. The van der Waals surface area contributed by atoms with Crippen molar-refractivity contribution in [2.24, 2.45) is 0 Å². The number of halogens is 2. The Bertz CT molecular complexity index is 702. The Hall–Kier alpha value is -2.07. The summed E-state index contributed by atoms with van der Waals surface area (Å²) in [5.41, 5.74) is 2.89. The highest BCUT2D eigenvalue weighted by molar-refractivity contribution is 6.33. The van der Waals surface area contributed by atoms with Crippen LogP contribution in [0, 0.1) is 12.7 Å². The number of nitrogens with one attached hydrogen (secondary N) is 2.